The van der Waals surface area contributed by atoms with Gasteiger partial charge in [0.05, 0.1) is 15.7 Å². The van der Waals surface area contributed by atoms with Gasteiger partial charge in [0, 0.05) is 17.8 Å². The van der Waals surface area contributed by atoms with Gasteiger partial charge in [-0.05, 0) is 42.8 Å². The Labute approximate surface area is 183 Å². The molecular formula is C20H13Cl2F4N3O2. The largest absolute Gasteiger partial charge is 0.433 e. The molecule has 1 heterocycles. The number of carbonyl (C=O) groups excluding carboxylic acids is 1. The zero-order valence-corrected chi connectivity index (χ0v) is 17.2. The fourth-order valence-corrected chi connectivity index (χ4v) is 3.22. The number of rotatable bonds is 4. The standard InChI is InChI=1S/C20H13Cl2F4N3O2/c1-10-7-16(20(24,25)26)28-19(31)29(10)15-8-11(5-6-13(15)21)18(30)27-9-12-3-2-4-14(23)17(12)22/h2-8H,9H2,1H3,(H,27,30). The first-order chi connectivity index (χ1) is 14.5. The second-order valence-corrected chi connectivity index (χ2v) is 7.25. The van der Waals surface area contributed by atoms with Crippen molar-refractivity contribution in [3.8, 4) is 5.69 Å². The SMILES string of the molecule is Cc1cc(C(F)(F)F)nc(=O)n1-c1cc(C(=O)NCc2cccc(F)c2Cl)ccc1Cl. The van der Waals surface area contributed by atoms with Crippen LogP contribution in [0.4, 0.5) is 17.6 Å². The number of aryl methyl sites for hydroxylation is 1. The highest BCUT2D eigenvalue weighted by Crippen LogP contribution is 2.28. The Kier molecular flexibility index (Phi) is 6.38. The van der Waals surface area contributed by atoms with Gasteiger partial charge in [0.15, 0.2) is 5.69 Å². The molecule has 0 unspecified atom stereocenters. The van der Waals surface area contributed by atoms with Gasteiger partial charge in [-0.3, -0.25) is 9.36 Å². The van der Waals surface area contributed by atoms with Crippen molar-refractivity contribution < 1.29 is 22.4 Å². The predicted molar refractivity (Wildman–Crippen MR) is 107 cm³/mol. The molecule has 0 aliphatic rings. The molecule has 2 aromatic carbocycles. The molecule has 0 atom stereocenters. The van der Waals surface area contributed by atoms with Crippen LogP contribution in [0, 0.1) is 12.7 Å². The summed E-state index contributed by atoms with van der Waals surface area (Å²) >= 11 is 12.0. The number of benzene rings is 2. The zero-order valence-electron chi connectivity index (χ0n) is 15.7. The molecule has 31 heavy (non-hydrogen) atoms. The van der Waals surface area contributed by atoms with Gasteiger partial charge in [-0.25, -0.2) is 9.18 Å². The van der Waals surface area contributed by atoms with Gasteiger partial charge in [0.25, 0.3) is 5.91 Å². The number of carbonyl (C=O) groups is 1. The normalized spacial score (nSPS) is 11.5. The molecule has 0 aliphatic heterocycles. The molecule has 0 bridgehead atoms. The average molecular weight is 474 g/mol. The quantitative estimate of drug-likeness (QED) is 0.546. The summed E-state index contributed by atoms with van der Waals surface area (Å²) < 4.78 is 53.1. The van der Waals surface area contributed by atoms with Gasteiger partial charge in [-0.15, -0.1) is 0 Å². The number of halogens is 6. The topological polar surface area (TPSA) is 64.0 Å². The molecule has 1 N–H and O–H groups in total. The summed E-state index contributed by atoms with van der Waals surface area (Å²) in [6.45, 7) is 1.21. The van der Waals surface area contributed by atoms with Crippen molar-refractivity contribution in [3.63, 3.8) is 0 Å². The number of alkyl halides is 3. The van der Waals surface area contributed by atoms with Gasteiger partial charge >= 0.3 is 11.9 Å². The summed E-state index contributed by atoms with van der Waals surface area (Å²) in [6, 6.07) is 8.80. The number of aromatic nitrogens is 2. The third-order valence-electron chi connectivity index (χ3n) is 4.32. The Balaban J connectivity index is 1.93. The summed E-state index contributed by atoms with van der Waals surface area (Å²) in [5.41, 5.74) is -2.19. The molecular weight excluding hydrogens is 461 g/mol. The van der Waals surface area contributed by atoms with Crippen molar-refractivity contribution in [1.82, 2.24) is 14.9 Å². The van der Waals surface area contributed by atoms with E-state index in [0.29, 0.717) is 11.6 Å². The predicted octanol–water partition coefficient (Wildman–Crippen LogP) is 4.94. The highest BCUT2D eigenvalue weighted by Gasteiger charge is 2.34. The van der Waals surface area contributed by atoms with Crippen LogP contribution in [-0.2, 0) is 12.7 Å². The van der Waals surface area contributed by atoms with E-state index in [1.807, 2.05) is 0 Å². The maximum atomic E-state index is 13.5. The van der Waals surface area contributed by atoms with Crippen molar-refractivity contribution in [3.05, 3.63) is 91.3 Å². The van der Waals surface area contributed by atoms with Crippen LogP contribution in [0.5, 0.6) is 0 Å². The van der Waals surface area contributed by atoms with E-state index in [1.165, 1.54) is 43.3 Å². The first-order valence-corrected chi connectivity index (χ1v) is 9.43. The maximum Gasteiger partial charge on any atom is 0.433 e. The lowest BCUT2D eigenvalue weighted by atomic mass is 10.1. The van der Waals surface area contributed by atoms with Crippen LogP contribution in [0.3, 0.4) is 0 Å². The van der Waals surface area contributed by atoms with Crippen LogP contribution in [-0.4, -0.2) is 15.5 Å². The highest BCUT2D eigenvalue weighted by atomic mass is 35.5. The smallest absolute Gasteiger partial charge is 0.348 e. The maximum absolute atomic E-state index is 13.5. The number of nitrogens with one attached hydrogen (secondary N) is 1. The molecule has 1 aromatic heterocycles. The summed E-state index contributed by atoms with van der Waals surface area (Å²) in [7, 11) is 0. The Hall–Kier alpha value is -2.91. The Morgan fingerprint density at radius 1 is 1.16 bits per heavy atom. The third kappa shape index (κ3) is 4.88. The molecule has 1 amide bonds. The van der Waals surface area contributed by atoms with Crippen molar-refractivity contribution in [2.75, 3.05) is 0 Å². The van der Waals surface area contributed by atoms with Gasteiger partial charge in [0.2, 0.25) is 0 Å². The second kappa shape index (κ2) is 8.68. The molecule has 0 radical (unpaired) electrons. The lowest BCUT2D eigenvalue weighted by Gasteiger charge is -2.15. The van der Waals surface area contributed by atoms with Crippen molar-refractivity contribution in [2.24, 2.45) is 0 Å². The Morgan fingerprint density at radius 2 is 1.87 bits per heavy atom. The van der Waals surface area contributed by atoms with Gasteiger partial charge in [-0.2, -0.15) is 18.2 Å². The third-order valence-corrected chi connectivity index (χ3v) is 5.06. The Morgan fingerprint density at radius 3 is 2.52 bits per heavy atom. The van der Waals surface area contributed by atoms with E-state index in [1.54, 1.807) is 0 Å². The van der Waals surface area contributed by atoms with E-state index >= 15 is 0 Å². The second-order valence-electron chi connectivity index (χ2n) is 6.46. The molecule has 162 valence electrons. The molecule has 0 saturated heterocycles. The van der Waals surface area contributed by atoms with Gasteiger partial charge in [0.1, 0.15) is 5.82 Å². The summed E-state index contributed by atoms with van der Waals surface area (Å²) in [5.74, 6) is -1.23. The minimum Gasteiger partial charge on any atom is -0.348 e. The summed E-state index contributed by atoms with van der Waals surface area (Å²) in [5, 5.41) is 2.45. The zero-order chi connectivity index (χ0) is 22.9. The minimum absolute atomic E-state index is 0.0122. The van der Waals surface area contributed by atoms with Crippen LogP contribution in [0.1, 0.15) is 27.3 Å². The van der Waals surface area contributed by atoms with Crippen LogP contribution < -0.4 is 11.0 Å². The highest BCUT2D eigenvalue weighted by molar-refractivity contribution is 6.32. The number of amides is 1. The molecule has 0 aliphatic carbocycles. The fraction of sp³-hybridized carbons (Fsp3) is 0.150. The van der Waals surface area contributed by atoms with Gasteiger partial charge in [-0.1, -0.05) is 35.3 Å². The van der Waals surface area contributed by atoms with Crippen molar-refractivity contribution in [1.29, 1.82) is 0 Å². The van der Waals surface area contributed by atoms with Crippen molar-refractivity contribution in [2.45, 2.75) is 19.6 Å². The molecule has 3 rings (SSSR count). The van der Waals surface area contributed by atoms with Crippen LogP contribution in [0.25, 0.3) is 5.69 Å². The fourth-order valence-electron chi connectivity index (χ4n) is 2.82. The average Bonchev–Trinajstić information content (AvgIpc) is 2.69. The van der Waals surface area contributed by atoms with E-state index < -0.39 is 29.3 Å². The summed E-state index contributed by atoms with van der Waals surface area (Å²) in [6.07, 6.45) is -4.78. The molecule has 0 saturated carbocycles. The lowest BCUT2D eigenvalue weighted by molar-refractivity contribution is -0.141. The van der Waals surface area contributed by atoms with Crippen molar-refractivity contribution >= 4 is 29.1 Å². The lowest BCUT2D eigenvalue weighted by Crippen LogP contribution is -2.28. The molecule has 5 nitrogen and oxygen atoms in total. The monoisotopic (exact) mass is 473 g/mol. The Bertz CT molecular complexity index is 1230. The minimum atomic E-state index is -4.78. The molecule has 11 heteroatoms. The van der Waals surface area contributed by atoms with E-state index in [-0.39, 0.29) is 33.5 Å². The first-order valence-electron chi connectivity index (χ1n) is 8.68. The van der Waals surface area contributed by atoms with Crippen LogP contribution in [0.2, 0.25) is 10.0 Å². The van der Waals surface area contributed by atoms with E-state index in [4.69, 9.17) is 23.2 Å². The molecule has 0 spiro atoms. The first kappa shape index (κ1) is 22.8. The number of nitrogens with zero attached hydrogens (tertiary/aromatic N) is 2. The van der Waals surface area contributed by atoms with Gasteiger partial charge < -0.3 is 5.32 Å². The molecule has 3 aromatic rings. The van der Waals surface area contributed by atoms with E-state index in [0.717, 1.165) is 4.57 Å². The number of hydrogen-bond acceptors (Lipinski definition) is 3. The van der Waals surface area contributed by atoms with Crippen LogP contribution >= 0.6 is 23.2 Å². The number of hydrogen-bond donors (Lipinski definition) is 1. The van der Waals surface area contributed by atoms with E-state index in [2.05, 4.69) is 10.3 Å². The summed E-state index contributed by atoms with van der Waals surface area (Å²) in [4.78, 5) is 27.8. The van der Waals surface area contributed by atoms with Crippen LogP contribution in [0.15, 0.2) is 47.3 Å². The molecule has 0 fully saturated rings. The van der Waals surface area contributed by atoms with E-state index in [9.17, 15) is 27.2 Å².